The molecule has 7 heteroatoms. The van der Waals surface area contributed by atoms with Gasteiger partial charge in [0.25, 0.3) is 0 Å². The number of rotatable bonds is 2. The van der Waals surface area contributed by atoms with Crippen LogP contribution in [0, 0.1) is 5.92 Å². The van der Waals surface area contributed by atoms with E-state index < -0.39 is 0 Å². The lowest BCUT2D eigenvalue weighted by Crippen LogP contribution is -2.49. The predicted molar refractivity (Wildman–Crippen MR) is 59.3 cm³/mol. The first kappa shape index (κ1) is 11.7. The molecule has 0 aromatic carbocycles. The van der Waals surface area contributed by atoms with Crippen molar-refractivity contribution >= 4 is 17.6 Å². The zero-order valence-corrected chi connectivity index (χ0v) is 9.43. The first-order valence-corrected chi connectivity index (χ1v) is 5.67. The number of likely N-dealkylation sites (tertiary alicyclic amines) is 1. The average Bonchev–Trinajstić information content (AvgIpc) is 2.71. The van der Waals surface area contributed by atoms with Gasteiger partial charge in [0.15, 0.2) is 0 Å². The minimum Gasteiger partial charge on any atom is -0.409 e. The van der Waals surface area contributed by atoms with E-state index in [1.54, 1.807) is 4.90 Å². The number of nitrogens with two attached hydrogens (primary N) is 1. The minimum atomic E-state index is -0.188. The fourth-order valence-electron chi connectivity index (χ4n) is 2.55. The fraction of sp³-hybridized carbons (Fsp3) is 0.700. The molecule has 2 unspecified atom stereocenters. The topological polar surface area (TPSA) is 108 Å². The van der Waals surface area contributed by atoms with Crippen molar-refractivity contribution in [2.24, 2.45) is 16.8 Å². The number of nitrogens with one attached hydrogen (secondary N) is 1. The molecule has 0 saturated carbocycles. The molecule has 2 aliphatic rings. The molecule has 2 atom stereocenters. The summed E-state index contributed by atoms with van der Waals surface area (Å²) in [5.41, 5.74) is 5.31. The van der Waals surface area contributed by atoms with Crippen LogP contribution in [0.1, 0.15) is 19.3 Å². The number of nitrogens with zero attached hydrogens (tertiary/aromatic N) is 2. The van der Waals surface area contributed by atoms with Gasteiger partial charge in [0.2, 0.25) is 11.8 Å². The Kier molecular flexibility index (Phi) is 3.16. The Morgan fingerprint density at radius 2 is 2.41 bits per heavy atom. The average molecular weight is 240 g/mol. The van der Waals surface area contributed by atoms with Crippen molar-refractivity contribution < 1.29 is 14.8 Å². The summed E-state index contributed by atoms with van der Waals surface area (Å²) in [4.78, 5) is 25.1. The third-order valence-electron chi connectivity index (χ3n) is 3.38. The van der Waals surface area contributed by atoms with E-state index in [1.165, 1.54) is 0 Å². The van der Waals surface area contributed by atoms with Crippen molar-refractivity contribution in [3.05, 3.63) is 0 Å². The van der Waals surface area contributed by atoms with Crippen molar-refractivity contribution in [1.82, 2.24) is 10.2 Å². The molecule has 0 bridgehead atoms. The molecule has 0 aliphatic carbocycles. The normalized spacial score (nSPS) is 28.8. The van der Waals surface area contributed by atoms with Crippen molar-refractivity contribution in [3.8, 4) is 0 Å². The number of carbonyl (C=O) groups is 2. The van der Waals surface area contributed by atoms with Crippen LogP contribution >= 0.6 is 0 Å². The summed E-state index contributed by atoms with van der Waals surface area (Å²) in [7, 11) is 0. The van der Waals surface area contributed by atoms with Gasteiger partial charge in [-0.3, -0.25) is 9.59 Å². The molecule has 0 aromatic heterocycles. The van der Waals surface area contributed by atoms with E-state index in [0.29, 0.717) is 13.1 Å². The molecule has 2 rings (SSSR count). The van der Waals surface area contributed by atoms with Crippen LogP contribution in [-0.4, -0.2) is 46.9 Å². The molecule has 2 saturated heterocycles. The van der Waals surface area contributed by atoms with Gasteiger partial charge in [0.1, 0.15) is 5.84 Å². The molecule has 2 aliphatic heterocycles. The molecule has 94 valence electrons. The summed E-state index contributed by atoms with van der Waals surface area (Å²) in [5.74, 6) is -0.364. The Bertz CT molecular complexity index is 369. The Hall–Kier alpha value is -1.79. The van der Waals surface area contributed by atoms with Crippen LogP contribution in [0.4, 0.5) is 0 Å². The summed E-state index contributed by atoms with van der Waals surface area (Å²) in [6, 6.07) is -0.0738. The van der Waals surface area contributed by atoms with Gasteiger partial charge in [-0.2, -0.15) is 0 Å². The summed E-state index contributed by atoms with van der Waals surface area (Å²) < 4.78 is 0. The number of carbonyl (C=O) groups excluding carboxylic acids is 2. The molecular weight excluding hydrogens is 224 g/mol. The number of hydrogen-bond donors (Lipinski definition) is 3. The highest BCUT2D eigenvalue weighted by atomic mass is 16.4. The Morgan fingerprint density at radius 1 is 1.65 bits per heavy atom. The van der Waals surface area contributed by atoms with Crippen LogP contribution in [0.5, 0.6) is 0 Å². The highest BCUT2D eigenvalue weighted by molar-refractivity contribution is 5.99. The molecule has 0 spiro atoms. The summed E-state index contributed by atoms with van der Waals surface area (Å²) in [6.07, 6.45) is 1.54. The van der Waals surface area contributed by atoms with Gasteiger partial charge in [0, 0.05) is 13.1 Å². The van der Waals surface area contributed by atoms with E-state index in [1.807, 2.05) is 0 Å². The summed E-state index contributed by atoms with van der Waals surface area (Å²) in [6.45, 7) is 1.14. The molecule has 2 heterocycles. The summed E-state index contributed by atoms with van der Waals surface area (Å²) in [5, 5.41) is 14.0. The van der Waals surface area contributed by atoms with Gasteiger partial charge < -0.3 is 21.2 Å². The molecule has 17 heavy (non-hydrogen) atoms. The van der Waals surface area contributed by atoms with Crippen molar-refractivity contribution in [3.63, 3.8) is 0 Å². The third kappa shape index (κ3) is 2.17. The quantitative estimate of drug-likeness (QED) is 0.245. The fourth-order valence-corrected chi connectivity index (χ4v) is 2.55. The van der Waals surface area contributed by atoms with E-state index in [4.69, 9.17) is 10.9 Å². The first-order chi connectivity index (χ1) is 8.13. The number of piperidine rings is 1. The number of amidine groups is 1. The van der Waals surface area contributed by atoms with Crippen LogP contribution in [0.3, 0.4) is 0 Å². The number of amides is 2. The Labute approximate surface area is 98.6 Å². The van der Waals surface area contributed by atoms with Gasteiger partial charge >= 0.3 is 0 Å². The van der Waals surface area contributed by atoms with E-state index >= 15 is 0 Å². The smallest absolute Gasteiger partial charge is 0.230 e. The molecule has 2 amide bonds. The molecule has 4 N–H and O–H groups in total. The molecule has 0 aromatic rings. The van der Waals surface area contributed by atoms with Gasteiger partial charge in [-0.1, -0.05) is 5.16 Å². The second-order valence-corrected chi connectivity index (χ2v) is 4.42. The standard InChI is InChI=1S/C10H16N4O3/c11-8(13-17)4-9(15)14-3-1-2-6-7(14)5-12-10(6)16/h6-7,17H,1-5H2,(H2,11,13)(H,12,16). The summed E-state index contributed by atoms with van der Waals surface area (Å²) >= 11 is 0. The maximum absolute atomic E-state index is 11.9. The largest absolute Gasteiger partial charge is 0.409 e. The van der Waals surface area contributed by atoms with Gasteiger partial charge in [-0.15, -0.1) is 0 Å². The zero-order valence-electron chi connectivity index (χ0n) is 9.43. The van der Waals surface area contributed by atoms with Crippen LogP contribution in [0.2, 0.25) is 0 Å². The Morgan fingerprint density at radius 3 is 3.12 bits per heavy atom. The van der Waals surface area contributed by atoms with E-state index in [-0.39, 0.29) is 36.0 Å². The maximum atomic E-state index is 11.9. The lowest BCUT2D eigenvalue weighted by molar-refractivity contribution is -0.135. The van der Waals surface area contributed by atoms with Crippen LogP contribution < -0.4 is 11.1 Å². The van der Waals surface area contributed by atoms with Gasteiger partial charge in [-0.05, 0) is 12.8 Å². The highest BCUT2D eigenvalue weighted by Crippen LogP contribution is 2.27. The van der Waals surface area contributed by atoms with E-state index in [0.717, 1.165) is 12.8 Å². The zero-order chi connectivity index (χ0) is 12.4. The second-order valence-electron chi connectivity index (χ2n) is 4.42. The first-order valence-electron chi connectivity index (χ1n) is 5.67. The third-order valence-corrected chi connectivity index (χ3v) is 3.38. The number of fused-ring (bicyclic) bond motifs is 1. The van der Waals surface area contributed by atoms with Gasteiger partial charge in [0.05, 0.1) is 18.4 Å². The minimum absolute atomic E-state index is 0.0243. The van der Waals surface area contributed by atoms with Gasteiger partial charge in [-0.25, -0.2) is 0 Å². The lowest BCUT2D eigenvalue weighted by Gasteiger charge is -2.35. The number of hydrogen-bond acceptors (Lipinski definition) is 4. The SMILES string of the molecule is NC(CC(=O)N1CCCC2C(=O)NCC21)=NO. The van der Waals surface area contributed by atoms with Crippen molar-refractivity contribution in [1.29, 1.82) is 0 Å². The van der Waals surface area contributed by atoms with E-state index in [9.17, 15) is 9.59 Å². The van der Waals surface area contributed by atoms with Crippen molar-refractivity contribution in [2.45, 2.75) is 25.3 Å². The molecule has 2 fully saturated rings. The monoisotopic (exact) mass is 240 g/mol. The Balaban J connectivity index is 2.05. The molecule has 0 radical (unpaired) electrons. The molecule has 7 nitrogen and oxygen atoms in total. The van der Waals surface area contributed by atoms with Crippen molar-refractivity contribution in [2.75, 3.05) is 13.1 Å². The maximum Gasteiger partial charge on any atom is 0.230 e. The predicted octanol–water partition coefficient (Wildman–Crippen LogP) is -1.14. The highest BCUT2D eigenvalue weighted by Gasteiger charge is 2.42. The molecular formula is C10H16N4O3. The second kappa shape index (κ2) is 4.60. The van der Waals surface area contributed by atoms with Crippen LogP contribution in [-0.2, 0) is 9.59 Å². The van der Waals surface area contributed by atoms with E-state index in [2.05, 4.69) is 10.5 Å². The van der Waals surface area contributed by atoms with Crippen LogP contribution in [0.15, 0.2) is 5.16 Å². The lowest BCUT2D eigenvalue weighted by atomic mass is 9.91. The number of oxime groups is 1. The van der Waals surface area contributed by atoms with Crippen LogP contribution in [0.25, 0.3) is 0 Å².